The molecule has 0 saturated heterocycles. The second-order valence-corrected chi connectivity index (χ2v) is 8.46. The van der Waals surface area contributed by atoms with Crippen LogP contribution in [0, 0.1) is 5.92 Å². The van der Waals surface area contributed by atoms with E-state index >= 15 is 0 Å². The van der Waals surface area contributed by atoms with E-state index in [0.29, 0.717) is 11.5 Å². The molecule has 164 valence electrons. The molecule has 1 aromatic heterocycles. The first-order valence-corrected chi connectivity index (χ1v) is 10.9. The van der Waals surface area contributed by atoms with Gasteiger partial charge in [0.05, 0.1) is 26.3 Å². The number of urea groups is 1. The summed E-state index contributed by atoms with van der Waals surface area (Å²) in [5, 5.41) is 7.64. The maximum absolute atomic E-state index is 13.0. The van der Waals surface area contributed by atoms with E-state index in [1.165, 1.54) is 10.9 Å². The first-order chi connectivity index (χ1) is 15.0. The van der Waals surface area contributed by atoms with E-state index in [9.17, 15) is 4.79 Å². The molecule has 4 rings (SSSR count). The van der Waals surface area contributed by atoms with Gasteiger partial charge in [0.25, 0.3) is 0 Å². The van der Waals surface area contributed by atoms with Gasteiger partial charge in [-0.25, -0.2) is 4.79 Å². The number of rotatable bonds is 6. The zero-order valence-corrected chi connectivity index (χ0v) is 18.6. The SMILES string of the molecule is COc1ccc([C@H](NC(=O)N[C@H]2CCCc3c2[nH]c2ccccc32)C(C)C)cc1OC. The monoisotopic (exact) mass is 421 g/mol. The predicted octanol–water partition coefficient (Wildman–Crippen LogP) is 5.26. The van der Waals surface area contributed by atoms with Crippen LogP contribution in [0.5, 0.6) is 11.5 Å². The molecule has 3 aromatic rings. The largest absolute Gasteiger partial charge is 0.493 e. The fourth-order valence-corrected chi connectivity index (χ4v) is 4.58. The highest BCUT2D eigenvalue weighted by molar-refractivity contribution is 5.85. The summed E-state index contributed by atoms with van der Waals surface area (Å²) in [7, 11) is 3.23. The molecular weight excluding hydrogens is 390 g/mol. The van der Waals surface area contributed by atoms with Crippen LogP contribution in [0.15, 0.2) is 42.5 Å². The van der Waals surface area contributed by atoms with Crippen molar-refractivity contribution in [1.29, 1.82) is 0 Å². The number of ether oxygens (including phenoxy) is 2. The molecule has 0 fully saturated rings. The van der Waals surface area contributed by atoms with Gasteiger partial charge in [-0.2, -0.15) is 0 Å². The van der Waals surface area contributed by atoms with Gasteiger partial charge in [0.15, 0.2) is 11.5 Å². The Bertz CT molecular complexity index is 1070. The lowest BCUT2D eigenvalue weighted by Gasteiger charge is -2.27. The molecule has 6 heteroatoms. The van der Waals surface area contributed by atoms with Crippen LogP contribution in [-0.4, -0.2) is 25.2 Å². The van der Waals surface area contributed by atoms with Crippen LogP contribution in [0.4, 0.5) is 4.79 Å². The third-order valence-electron chi connectivity index (χ3n) is 6.14. The van der Waals surface area contributed by atoms with E-state index in [1.54, 1.807) is 14.2 Å². The first kappa shape index (κ1) is 21.1. The average molecular weight is 422 g/mol. The molecule has 0 saturated carbocycles. The molecule has 3 N–H and O–H groups in total. The number of amides is 2. The van der Waals surface area contributed by atoms with Crippen LogP contribution in [0.3, 0.4) is 0 Å². The summed E-state index contributed by atoms with van der Waals surface area (Å²) in [4.78, 5) is 16.5. The summed E-state index contributed by atoms with van der Waals surface area (Å²) >= 11 is 0. The average Bonchev–Trinajstić information content (AvgIpc) is 3.16. The minimum atomic E-state index is -0.162. The van der Waals surface area contributed by atoms with Gasteiger partial charge in [0.2, 0.25) is 0 Å². The number of carbonyl (C=O) groups excluding carboxylic acids is 1. The second kappa shape index (κ2) is 8.92. The van der Waals surface area contributed by atoms with Crippen molar-refractivity contribution in [3.05, 3.63) is 59.3 Å². The second-order valence-electron chi connectivity index (χ2n) is 8.46. The lowest BCUT2D eigenvalue weighted by Crippen LogP contribution is -2.42. The molecule has 2 amide bonds. The Kier molecular flexibility index (Phi) is 6.07. The molecule has 1 heterocycles. The number of aromatic amines is 1. The molecule has 6 nitrogen and oxygen atoms in total. The molecule has 31 heavy (non-hydrogen) atoms. The highest BCUT2D eigenvalue weighted by atomic mass is 16.5. The first-order valence-electron chi connectivity index (χ1n) is 10.9. The normalized spacial score (nSPS) is 16.6. The minimum absolute atomic E-state index is 0.0191. The van der Waals surface area contributed by atoms with Crippen molar-refractivity contribution in [2.75, 3.05) is 14.2 Å². The fourth-order valence-electron chi connectivity index (χ4n) is 4.58. The number of benzene rings is 2. The zero-order valence-electron chi connectivity index (χ0n) is 18.6. The van der Waals surface area contributed by atoms with Crippen molar-refractivity contribution < 1.29 is 14.3 Å². The Morgan fingerprint density at radius 2 is 1.87 bits per heavy atom. The number of methoxy groups -OCH3 is 2. The molecular formula is C25H31N3O3. The van der Waals surface area contributed by atoms with E-state index < -0.39 is 0 Å². The molecule has 0 aliphatic heterocycles. The molecule has 0 bridgehead atoms. The smallest absolute Gasteiger partial charge is 0.315 e. The Hall–Kier alpha value is -3.15. The van der Waals surface area contributed by atoms with Crippen LogP contribution in [0.1, 0.15) is 55.6 Å². The molecule has 0 radical (unpaired) electrons. The summed E-state index contributed by atoms with van der Waals surface area (Å²) in [5.74, 6) is 1.54. The van der Waals surface area contributed by atoms with Crippen molar-refractivity contribution in [3.8, 4) is 11.5 Å². The highest BCUT2D eigenvalue weighted by Crippen LogP contribution is 2.35. The van der Waals surface area contributed by atoms with Crippen molar-refractivity contribution in [3.63, 3.8) is 0 Å². The van der Waals surface area contributed by atoms with Gasteiger partial charge in [0, 0.05) is 16.6 Å². The number of aryl methyl sites for hydroxylation is 1. The van der Waals surface area contributed by atoms with Gasteiger partial charge < -0.3 is 25.1 Å². The van der Waals surface area contributed by atoms with Gasteiger partial charge in [-0.05, 0) is 54.5 Å². The standard InChI is InChI=1S/C25H31N3O3/c1-15(2)23(16-12-13-21(30-3)22(14-16)31-4)28-25(29)27-20-11-7-9-18-17-8-5-6-10-19(17)26-24(18)20/h5-6,8,10,12-15,20,23,26H,7,9,11H2,1-4H3,(H2,27,28,29)/t20-,23+/m0/s1. The molecule has 2 atom stereocenters. The predicted molar refractivity (Wildman–Crippen MR) is 123 cm³/mol. The number of H-pyrrole nitrogens is 1. The van der Waals surface area contributed by atoms with Crippen molar-refractivity contribution >= 4 is 16.9 Å². The Morgan fingerprint density at radius 3 is 2.61 bits per heavy atom. The minimum Gasteiger partial charge on any atom is -0.493 e. The van der Waals surface area contributed by atoms with Gasteiger partial charge >= 0.3 is 6.03 Å². The summed E-state index contributed by atoms with van der Waals surface area (Å²) in [5.41, 5.74) is 4.58. The van der Waals surface area contributed by atoms with Gasteiger partial charge in [-0.3, -0.25) is 0 Å². The Morgan fingerprint density at radius 1 is 1.10 bits per heavy atom. The fraction of sp³-hybridized carbons (Fsp3) is 0.400. The van der Waals surface area contributed by atoms with E-state index in [4.69, 9.17) is 9.47 Å². The Labute approximate surface area is 183 Å². The lowest BCUT2D eigenvalue weighted by molar-refractivity contribution is 0.227. The summed E-state index contributed by atoms with van der Waals surface area (Å²) in [6.45, 7) is 4.19. The zero-order chi connectivity index (χ0) is 22.0. The summed E-state index contributed by atoms with van der Waals surface area (Å²) in [6, 6.07) is 13.8. The van der Waals surface area contributed by atoms with Gasteiger partial charge in [-0.1, -0.05) is 38.1 Å². The number of hydrogen-bond donors (Lipinski definition) is 3. The third kappa shape index (κ3) is 4.20. The maximum Gasteiger partial charge on any atom is 0.315 e. The molecule has 2 aromatic carbocycles. The van der Waals surface area contributed by atoms with E-state index in [-0.39, 0.29) is 24.0 Å². The summed E-state index contributed by atoms with van der Waals surface area (Å²) in [6.07, 6.45) is 3.03. The van der Waals surface area contributed by atoms with E-state index in [1.807, 2.05) is 24.3 Å². The maximum atomic E-state index is 13.0. The quantitative estimate of drug-likeness (QED) is 0.508. The number of carbonyl (C=O) groups is 1. The molecule has 1 aliphatic carbocycles. The number of hydrogen-bond acceptors (Lipinski definition) is 3. The van der Waals surface area contributed by atoms with Crippen LogP contribution in [0.25, 0.3) is 10.9 Å². The van der Waals surface area contributed by atoms with Crippen molar-refractivity contribution in [1.82, 2.24) is 15.6 Å². The van der Waals surface area contributed by atoms with Crippen LogP contribution < -0.4 is 20.1 Å². The third-order valence-corrected chi connectivity index (χ3v) is 6.14. The summed E-state index contributed by atoms with van der Waals surface area (Å²) < 4.78 is 10.8. The van der Waals surface area contributed by atoms with E-state index in [2.05, 4.69) is 47.7 Å². The highest BCUT2D eigenvalue weighted by Gasteiger charge is 2.27. The van der Waals surface area contributed by atoms with Gasteiger partial charge in [0.1, 0.15) is 0 Å². The topological polar surface area (TPSA) is 75.4 Å². The number of aromatic nitrogens is 1. The lowest BCUT2D eigenvalue weighted by atomic mass is 9.91. The molecule has 0 unspecified atom stereocenters. The molecule has 1 aliphatic rings. The van der Waals surface area contributed by atoms with Crippen LogP contribution >= 0.6 is 0 Å². The van der Waals surface area contributed by atoms with Crippen molar-refractivity contribution in [2.24, 2.45) is 5.92 Å². The Balaban J connectivity index is 1.52. The number of nitrogens with one attached hydrogen (secondary N) is 3. The van der Waals surface area contributed by atoms with E-state index in [0.717, 1.165) is 36.0 Å². The van der Waals surface area contributed by atoms with Crippen LogP contribution in [0.2, 0.25) is 0 Å². The van der Waals surface area contributed by atoms with Gasteiger partial charge in [-0.15, -0.1) is 0 Å². The number of para-hydroxylation sites is 1. The van der Waals surface area contributed by atoms with Crippen LogP contribution in [-0.2, 0) is 6.42 Å². The number of fused-ring (bicyclic) bond motifs is 3. The molecule has 0 spiro atoms. The van der Waals surface area contributed by atoms with Crippen molar-refractivity contribution in [2.45, 2.75) is 45.2 Å².